The molecule has 2 N–H and O–H groups in total. The standard InChI is InChI=1S/C19H23N3O4S/c1-26-18(25)13-7-8-14-15(9-13)21-19(27)22(17(14)24)11-16(23)20-10-12-5-3-2-4-6-12/h2-6,13-15H,7-11H2,1H3,(H,20,23)(H,21,27). The lowest BCUT2D eigenvalue weighted by Crippen LogP contribution is -2.63. The van der Waals surface area contributed by atoms with Gasteiger partial charge in [-0.3, -0.25) is 19.3 Å². The van der Waals surface area contributed by atoms with Crippen molar-refractivity contribution < 1.29 is 19.1 Å². The van der Waals surface area contributed by atoms with Gasteiger partial charge in [-0.2, -0.15) is 0 Å². The first-order valence-corrected chi connectivity index (χ1v) is 9.40. The maximum absolute atomic E-state index is 12.8. The summed E-state index contributed by atoms with van der Waals surface area (Å²) >= 11 is 5.30. The Bertz CT molecular complexity index is 740. The SMILES string of the molecule is COC(=O)C1CCC2C(=O)N(CC(=O)NCc3ccccc3)C(=S)NC2C1. The van der Waals surface area contributed by atoms with Gasteiger partial charge in [0.25, 0.3) is 0 Å². The summed E-state index contributed by atoms with van der Waals surface area (Å²) in [6, 6.07) is 9.37. The highest BCUT2D eigenvalue weighted by Gasteiger charge is 2.44. The number of fused-ring (bicyclic) bond motifs is 1. The third-order valence-electron chi connectivity index (χ3n) is 5.16. The summed E-state index contributed by atoms with van der Waals surface area (Å²) in [5, 5.41) is 6.18. The van der Waals surface area contributed by atoms with Crippen LogP contribution in [0.5, 0.6) is 0 Å². The number of thiocarbonyl (C=S) groups is 1. The highest BCUT2D eigenvalue weighted by atomic mass is 32.1. The van der Waals surface area contributed by atoms with Gasteiger partial charge in [0.05, 0.1) is 18.9 Å². The van der Waals surface area contributed by atoms with E-state index in [1.807, 2.05) is 30.3 Å². The summed E-state index contributed by atoms with van der Waals surface area (Å²) in [5.41, 5.74) is 0.984. The highest BCUT2D eigenvalue weighted by Crippen LogP contribution is 2.33. The van der Waals surface area contributed by atoms with E-state index in [0.29, 0.717) is 25.8 Å². The van der Waals surface area contributed by atoms with E-state index in [9.17, 15) is 14.4 Å². The van der Waals surface area contributed by atoms with E-state index < -0.39 is 0 Å². The fourth-order valence-electron chi connectivity index (χ4n) is 3.69. The molecule has 144 valence electrons. The number of benzene rings is 1. The minimum absolute atomic E-state index is 0.110. The zero-order valence-corrected chi connectivity index (χ0v) is 16.0. The Morgan fingerprint density at radius 3 is 2.74 bits per heavy atom. The number of carbonyl (C=O) groups excluding carboxylic acids is 3. The Morgan fingerprint density at radius 2 is 2.04 bits per heavy atom. The van der Waals surface area contributed by atoms with E-state index in [4.69, 9.17) is 17.0 Å². The van der Waals surface area contributed by atoms with Crippen LogP contribution in [0.2, 0.25) is 0 Å². The summed E-state index contributed by atoms with van der Waals surface area (Å²) in [4.78, 5) is 38.2. The fourth-order valence-corrected chi connectivity index (χ4v) is 3.99. The Morgan fingerprint density at radius 1 is 1.30 bits per heavy atom. The molecular formula is C19H23N3O4S. The number of hydrogen-bond acceptors (Lipinski definition) is 5. The Balaban J connectivity index is 1.57. The monoisotopic (exact) mass is 389 g/mol. The average Bonchev–Trinajstić information content (AvgIpc) is 2.69. The smallest absolute Gasteiger partial charge is 0.308 e. The molecule has 1 aromatic rings. The van der Waals surface area contributed by atoms with Gasteiger partial charge in [0.1, 0.15) is 6.54 Å². The van der Waals surface area contributed by atoms with Gasteiger partial charge >= 0.3 is 5.97 Å². The third-order valence-corrected chi connectivity index (χ3v) is 5.49. The third kappa shape index (κ3) is 4.44. The van der Waals surface area contributed by atoms with Crippen molar-refractivity contribution in [2.24, 2.45) is 11.8 Å². The van der Waals surface area contributed by atoms with Crippen molar-refractivity contribution in [3.63, 3.8) is 0 Å². The van der Waals surface area contributed by atoms with Crippen LogP contribution >= 0.6 is 12.2 Å². The number of nitrogens with one attached hydrogen (secondary N) is 2. The van der Waals surface area contributed by atoms with Crippen LogP contribution in [-0.2, 0) is 25.7 Å². The molecule has 0 spiro atoms. The molecule has 3 rings (SSSR count). The number of amides is 2. The van der Waals surface area contributed by atoms with Crippen molar-refractivity contribution in [3.05, 3.63) is 35.9 Å². The van der Waals surface area contributed by atoms with E-state index >= 15 is 0 Å². The van der Waals surface area contributed by atoms with Crippen molar-refractivity contribution in [1.29, 1.82) is 0 Å². The minimum Gasteiger partial charge on any atom is -0.469 e. The van der Waals surface area contributed by atoms with Gasteiger partial charge in [0.15, 0.2) is 5.11 Å². The lowest BCUT2D eigenvalue weighted by Gasteiger charge is -2.43. The molecule has 0 aromatic heterocycles. The van der Waals surface area contributed by atoms with Crippen LogP contribution in [0, 0.1) is 11.8 Å². The molecule has 1 aliphatic heterocycles. The molecular weight excluding hydrogens is 366 g/mol. The molecule has 0 bridgehead atoms. The number of carbonyl (C=O) groups is 3. The van der Waals surface area contributed by atoms with Crippen LogP contribution in [0.3, 0.4) is 0 Å². The molecule has 7 nitrogen and oxygen atoms in total. The summed E-state index contributed by atoms with van der Waals surface area (Å²) in [5.74, 6) is -1.17. The van der Waals surface area contributed by atoms with E-state index in [2.05, 4.69) is 10.6 Å². The van der Waals surface area contributed by atoms with Gasteiger partial charge in [-0.25, -0.2) is 0 Å². The number of esters is 1. The molecule has 1 aliphatic carbocycles. The minimum atomic E-state index is -0.278. The lowest BCUT2D eigenvalue weighted by molar-refractivity contribution is -0.149. The predicted octanol–water partition coefficient (Wildman–Crippen LogP) is 0.977. The summed E-state index contributed by atoms with van der Waals surface area (Å²) in [7, 11) is 1.37. The average molecular weight is 389 g/mol. The molecule has 8 heteroatoms. The van der Waals surface area contributed by atoms with Crippen molar-refractivity contribution in [2.75, 3.05) is 13.7 Å². The largest absolute Gasteiger partial charge is 0.469 e. The van der Waals surface area contributed by atoms with Gasteiger partial charge in [0.2, 0.25) is 11.8 Å². The molecule has 2 fully saturated rings. The second-order valence-corrected chi connectivity index (χ2v) is 7.27. The van der Waals surface area contributed by atoms with E-state index in [1.165, 1.54) is 12.0 Å². The van der Waals surface area contributed by atoms with E-state index in [-0.39, 0.29) is 47.3 Å². The fraction of sp³-hybridized carbons (Fsp3) is 0.474. The molecule has 3 unspecified atom stereocenters. The summed E-state index contributed by atoms with van der Waals surface area (Å²) in [6.45, 7) is 0.288. The summed E-state index contributed by atoms with van der Waals surface area (Å²) < 4.78 is 4.81. The van der Waals surface area contributed by atoms with Crippen molar-refractivity contribution in [3.8, 4) is 0 Å². The van der Waals surface area contributed by atoms with Gasteiger partial charge in [-0.15, -0.1) is 0 Å². The molecule has 2 amide bonds. The second kappa shape index (κ2) is 8.47. The van der Waals surface area contributed by atoms with Crippen molar-refractivity contribution in [2.45, 2.75) is 31.8 Å². The first kappa shape index (κ1) is 19.3. The lowest BCUT2D eigenvalue weighted by atomic mass is 9.76. The first-order valence-electron chi connectivity index (χ1n) is 9.00. The predicted molar refractivity (Wildman–Crippen MR) is 102 cm³/mol. The Hall–Kier alpha value is -2.48. The molecule has 1 saturated carbocycles. The molecule has 27 heavy (non-hydrogen) atoms. The molecule has 1 aromatic carbocycles. The number of nitrogens with zero attached hydrogens (tertiary/aromatic N) is 1. The zero-order chi connectivity index (χ0) is 19.4. The van der Waals surface area contributed by atoms with Gasteiger partial charge in [-0.05, 0) is 37.0 Å². The normalized spacial score (nSPS) is 24.6. The summed E-state index contributed by atoms with van der Waals surface area (Å²) in [6.07, 6.45) is 1.68. The number of rotatable bonds is 5. The van der Waals surface area contributed by atoms with Crippen LogP contribution in [0.1, 0.15) is 24.8 Å². The van der Waals surface area contributed by atoms with Gasteiger partial charge in [0, 0.05) is 12.6 Å². The first-order chi connectivity index (χ1) is 13.0. The van der Waals surface area contributed by atoms with E-state index in [0.717, 1.165) is 5.56 Å². The highest BCUT2D eigenvalue weighted by molar-refractivity contribution is 7.80. The van der Waals surface area contributed by atoms with Crippen LogP contribution in [0.4, 0.5) is 0 Å². The van der Waals surface area contributed by atoms with Crippen LogP contribution in [0.15, 0.2) is 30.3 Å². The Kier molecular flexibility index (Phi) is 6.05. The number of hydrogen-bond donors (Lipinski definition) is 2. The topological polar surface area (TPSA) is 87.7 Å². The number of methoxy groups -OCH3 is 1. The second-order valence-electron chi connectivity index (χ2n) is 6.88. The molecule has 2 aliphatic rings. The van der Waals surface area contributed by atoms with Crippen molar-refractivity contribution in [1.82, 2.24) is 15.5 Å². The quantitative estimate of drug-likeness (QED) is 0.577. The van der Waals surface area contributed by atoms with Crippen molar-refractivity contribution >= 4 is 35.1 Å². The molecule has 0 radical (unpaired) electrons. The van der Waals surface area contributed by atoms with Gasteiger partial charge in [-0.1, -0.05) is 30.3 Å². The van der Waals surface area contributed by atoms with Crippen LogP contribution in [-0.4, -0.2) is 47.5 Å². The molecule has 3 atom stereocenters. The maximum atomic E-state index is 12.8. The number of ether oxygens (including phenoxy) is 1. The van der Waals surface area contributed by atoms with E-state index in [1.54, 1.807) is 0 Å². The van der Waals surface area contributed by atoms with Crippen LogP contribution in [0.25, 0.3) is 0 Å². The molecule has 1 heterocycles. The molecule has 1 saturated heterocycles. The maximum Gasteiger partial charge on any atom is 0.308 e. The van der Waals surface area contributed by atoms with Gasteiger partial charge < -0.3 is 15.4 Å². The Labute approximate surface area is 163 Å². The zero-order valence-electron chi connectivity index (χ0n) is 15.1. The van der Waals surface area contributed by atoms with Crippen LogP contribution < -0.4 is 10.6 Å².